The fraction of sp³-hybridized carbons (Fsp3) is 0.429. The Morgan fingerprint density at radius 2 is 1.89 bits per heavy atom. The maximum absolute atomic E-state index is 13.1. The molecule has 5 atom stereocenters. The van der Waals surface area contributed by atoms with Crippen LogP contribution in [0, 0.1) is 5.92 Å². The molecular formula is C28H34N4O2S. The van der Waals surface area contributed by atoms with E-state index in [4.69, 9.17) is 0 Å². The minimum Gasteiger partial charge on any atom is -0.353 e. The maximum Gasteiger partial charge on any atom is 0.237 e. The van der Waals surface area contributed by atoms with Crippen molar-refractivity contribution >= 4 is 29.1 Å². The first-order chi connectivity index (χ1) is 17.1. The van der Waals surface area contributed by atoms with E-state index in [1.165, 1.54) is 11.1 Å². The highest BCUT2D eigenvalue weighted by Crippen LogP contribution is 2.38. The minimum atomic E-state index is -0.263. The Kier molecular flexibility index (Phi) is 7.56. The lowest BCUT2D eigenvalue weighted by atomic mass is 9.94. The van der Waals surface area contributed by atoms with Crippen molar-refractivity contribution in [3.05, 3.63) is 77.2 Å². The van der Waals surface area contributed by atoms with Crippen LogP contribution in [0.15, 0.2) is 66.1 Å². The summed E-state index contributed by atoms with van der Waals surface area (Å²) in [7, 11) is 0. The third-order valence-corrected chi connectivity index (χ3v) is 8.42. The van der Waals surface area contributed by atoms with Gasteiger partial charge in [-0.1, -0.05) is 60.7 Å². The van der Waals surface area contributed by atoms with E-state index in [1.54, 1.807) is 11.8 Å². The number of amides is 2. The number of nitrogens with zero attached hydrogens (tertiary/aromatic N) is 1. The number of hydrogen-bond acceptors (Lipinski definition) is 5. The molecule has 0 saturated carbocycles. The SMILES string of the molecule is CC(CCc1ccccc1)NC(=O)C1CCCN(C2NC(=O)C3SC=C(c4ccccc4)C3N2)C1. The first-order valence-electron chi connectivity index (χ1n) is 12.6. The Hall–Kier alpha value is -2.61. The fourth-order valence-electron chi connectivity index (χ4n) is 5.27. The van der Waals surface area contributed by atoms with Crippen LogP contribution in [-0.2, 0) is 16.0 Å². The van der Waals surface area contributed by atoms with Gasteiger partial charge in [0.2, 0.25) is 11.8 Å². The highest BCUT2D eigenvalue weighted by molar-refractivity contribution is 8.04. The monoisotopic (exact) mass is 490 g/mol. The molecule has 2 saturated heterocycles. The van der Waals surface area contributed by atoms with Crippen LogP contribution in [-0.4, -0.2) is 53.4 Å². The summed E-state index contributed by atoms with van der Waals surface area (Å²) in [5, 5.41) is 12.0. The molecule has 0 bridgehead atoms. The van der Waals surface area contributed by atoms with Gasteiger partial charge in [0.05, 0.1) is 12.0 Å². The van der Waals surface area contributed by atoms with Crippen molar-refractivity contribution in [1.82, 2.24) is 20.9 Å². The molecule has 2 aromatic rings. The molecule has 2 fully saturated rings. The number of carbonyl (C=O) groups excluding carboxylic acids is 2. The number of rotatable bonds is 7. The molecular weight excluding hydrogens is 456 g/mol. The summed E-state index contributed by atoms with van der Waals surface area (Å²) in [6.45, 7) is 3.59. The molecule has 3 N–H and O–H groups in total. The molecule has 5 unspecified atom stereocenters. The molecule has 2 amide bonds. The van der Waals surface area contributed by atoms with Gasteiger partial charge in [-0.05, 0) is 54.7 Å². The third kappa shape index (κ3) is 5.63. The molecule has 3 heterocycles. The zero-order chi connectivity index (χ0) is 24.2. The van der Waals surface area contributed by atoms with Crippen LogP contribution in [0.3, 0.4) is 0 Å². The smallest absolute Gasteiger partial charge is 0.237 e. The van der Waals surface area contributed by atoms with Crippen molar-refractivity contribution in [1.29, 1.82) is 0 Å². The zero-order valence-electron chi connectivity index (χ0n) is 20.2. The van der Waals surface area contributed by atoms with E-state index in [1.807, 2.05) is 24.3 Å². The van der Waals surface area contributed by atoms with Crippen LogP contribution in [0.5, 0.6) is 0 Å². The Morgan fingerprint density at radius 1 is 1.14 bits per heavy atom. The molecule has 35 heavy (non-hydrogen) atoms. The molecule has 5 rings (SSSR count). The van der Waals surface area contributed by atoms with Crippen LogP contribution >= 0.6 is 11.8 Å². The fourth-order valence-corrected chi connectivity index (χ4v) is 6.42. The van der Waals surface area contributed by atoms with E-state index in [9.17, 15) is 9.59 Å². The standard InChI is InChI=1S/C28H34N4O2S/c1-19(14-15-20-9-4-2-5-10-20)29-26(33)22-13-8-16-32(17-22)28-30-24-23(21-11-6-3-7-12-21)18-35-25(24)27(34)31-28/h2-7,9-12,18-19,22,24-25,28,30H,8,13-17H2,1H3,(H,29,33)(H,31,34). The number of carbonyl (C=O) groups is 2. The molecule has 6 nitrogen and oxygen atoms in total. The molecule has 7 heteroatoms. The molecule has 0 radical (unpaired) electrons. The van der Waals surface area contributed by atoms with Gasteiger partial charge in [-0.3, -0.25) is 19.8 Å². The number of thioether (sulfide) groups is 1. The second kappa shape index (κ2) is 11.0. The summed E-state index contributed by atoms with van der Waals surface area (Å²) in [5.41, 5.74) is 3.61. The molecule has 184 valence electrons. The summed E-state index contributed by atoms with van der Waals surface area (Å²) < 4.78 is 0. The van der Waals surface area contributed by atoms with Crippen LogP contribution in [0.4, 0.5) is 0 Å². The second-order valence-corrected chi connectivity index (χ2v) is 10.8. The normalized spacial score (nSPS) is 27.5. The van der Waals surface area contributed by atoms with E-state index >= 15 is 0 Å². The molecule has 3 aliphatic rings. The highest BCUT2D eigenvalue weighted by Gasteiger charge is 2.44. The van der Waals surface area contributed by atoms with Crippen molar-refractivity contribution in [3.8, 4) is 0 Å². The number of benzene rings is 2. The highest BCUT2D eigenvalue weighted by atomic mass is 32.2. The number of hydrogen-bond donors (Lipinski definition) is 3. The average Bonchev–Trinajstić information content (AvgIpc) is 3.33. The van der Waals surface area contributed by atoms with Crippen molar-refractivity contribution in [2.45, 2.75) is 56.2 Å². The van der Waals surface area contributed by atoms with E-state index in [0.717, 1.165) is 37.8 Å². The lowest BCUT2D eigenvalue weighted by Crippen LogP contribution is -2.69. The van der Waals surface area contributed by atoms with Crippen LogP contribution < -0.4 is 16.0 Å². The summed E-state index contributed by atoms with van der Waals surface area (Å²) in [6, 6.07) is 20.7. The van der Waals surface area contributed by atoms with Gasteiger partial charge in [0.25, 0.3) is 0 Å². The summed E-state index contributed by atoms with van der Waals surface area (Å²) in [6.07, 6.45) is 3.43. The van der Waals surface area contributed by atoms with Gasteiger partial charge in [0.1, 0.15) is 11.5 Å². The number of likely N-dealkylation sites (tertiary alicyclic amines) is 1. The predicted molar refractivity (Wildman–Crippen MR) is 141 cm³/mol. The first kappa shape index (κ1) is 24.1. The van der Waals surface area contributed by atoms with Gasteiger partial charge in [0.15, 0.2) is 0 Å². The van der Waals surface area contributed by atoms with Gasteiger partial charge in [-0.25, -0.2) is 0 Å². The van der Waals surface area contributed by atoms with Crippen molar-refractivity contribution in [2.75, 3.05) is 13.1 Å². The van der Waals surface area contributed by atoms with Gasteiger partial charge < -0.3 is 10.6 Å². The lowest BCUT2D eigenvalue weighted by molar-refractivity contribution is -0.129. The Bertz CT molecular complexity index is 1060. The number of nitrogens with one attached hydrogen (secondary N) is 3. The number of fused-ring (bicyclic) bond motifs is 1. The Morgan fingerprint density at radius 3 is 2.66 bits per heavy atom. The number of piperidine rings is 1. The molecule has 2 aromatic carbocycles. The lowest BCUT2D eigenvalue weighted by Gasteiger charge is -2.43. The predicted octanol–water partition coefficient (Wildman–Crippen LogP) is 3.36. The third-order valence-electron chi connectivity index (χ3n) is 7.25. The molecule has 0 aliphatic carbocycles. The van der Waals surface area contributed by atoms with Gasteiger partial charge in [0, 0.05) is 19.1 Å². The van der Waals surface area contributed by atoms with Crippen LogP contribution in [0.1, 0.15) is 37.3 Å². The van der Waals surface area contributed by atoms with Crippen molar-refractivity contribution in [3.63, 3.8) is 0 Å². The summed E-state index contributed by atoms with van der Waals surface area (Å²) in [4.78, 5) is 28.2. The van der Waals surface area contributed by atoms with Gasteiger partial charge in [-0.15, -0.1) is 11.8 Å². The van der Waals surface area contributed by atoms with Crippen molar-refractivity contribution < 1.29 is 9.59 Å². The minimum absolute atomic E-state index is 0.0339. The average molecular weight is 491 g/mol. The molecule has 0 aromatic heterocycles. The van der Waals surface area contributed by atoms with Crippen LogP contribution in [0.2, 0.25) is 0 Å². The largest absolute Gasteiger partial charge is 0.353 e. The van der Waals surface area contributed by atoms with Crippen molar-refractivity contribution in [2.24, 2.45) is 5.92 Å². The summed E-state index contributed by atoms with van der Waals surface area (Å²) in [5.74, 6) is 0.116. The van der Waals surface area contributed by atoms with Gasteiger partial charge >= 0.3 is 0 Å². The van der Waals surface area contributed by atoms with E-state index in [0.29, 0.717) is 6.54 Å². The van der Waals surface area contributed by atoms with E-state index in [2.05, 4.69) is 69.6 Å². The second-order valence-electron chi connectivity index (χ2n) is 9.82. The zero-order valence-corrected chi connectivity index (χ0v) is 21.0. The molecule has 3 aliphatic heterocycles. The molecule has 0 spiro atoms. The maximum atomic E-state index is 13.1. The van der Waals surface area contributed by atoms with Gasteiger partial charge in [-0.2, -0.15) is 0 Å². The number of aryl methyl sites for hydroxylation is 1. The Balaban J connectivity index is 1.17. The summed E-state index contributed by atoms with van der Waals surface area (Å²) >= 11 is 1.58. The topological polar surface area (TPSA) is 73.5 Å². The first-order valence-corrected chi connectivity index (χ1v) is 13.6. The quantitative estimate of drug-likeness (QED) is 0.555. The van der Waals surface area contributed by atoms with E-state index in [-0.39, 0.29) is 41.4 Å². The van der Waals surface area contributed by atoms with E-state index < -0.39 is 0 Å². The van der Waals surface area contributed by atoms with Crippen LogP contribution in [0.25, 0.3) is 5.57 Å². The Labute approximate surface area is 211 Å².